The van der Waals surface area contributed by atoms with Crippen molar-refractivity contribution in [2.45, 2.75) is 11.7 Å². The van der Waals surface area contributed by atoms with Gasteiger partial charge in [-0.3, -0.25) is 14.3 Å². The van der Waals surface area contributed by atoms with Gasteiger partial charge in [0.1, 0.15) is 0 Å². The van der Waals surface area contributed by atoms with E-state index in [2.05, 4.69) is 27.3 Å². The van der Waals surface area contributed by atoms with Crippen molar-refractivity contribution in [3.8, 4) is 11.4 Å². The Morgan fingerprint density at radius 2 is 1.79 bits per heavy atom. The largest absolute Gasteiger partial charge is 0.348 e. The van der Waals surface area contributed by atoms with Gasteiger partial charge in [0, 0.05) is 31.2 Å². The smallest absolute Gasteiger partial charge is 0.192 e. The molecule has 3 aromatic heterocycles. The fraction of sp³-hybridized carbons (Fsp3) is 0.143. The maximum absolute atomic E-state index is 12.5. The van der Waals surface area contributed by atoms with Crippen LogP contribution < -0.4 is 0 Å². The number of nitrogens with zero attached hydrogens (tertiary/aromatic N) is 5. The lowest BCUT2D eigenvalue weighted by molar-refractivity contribution is 0.101. The van der Waals surface area contributed by atoms with Crippen LogP contribution in [0.1, 0.15) is 16.1 Å². The molecule has 6 nitrogen and oxygen atoms in total. The molecule has 0 saturated carbocycles. The Labute approximate surface area is 167 Å². The number of aryl methyl sites for hydroxylation is 1. The van der Waals surface area contributed by atoms with E-state index in [4.69, 9.17) is 0 Å². The van der Waals surface area contributed by atoms with Crippen molar-refractivity contribution in [1.29, 1.82) is 0 Å². The van der Waals surface area contributed by atoms with Crippen LogP contribution in [0.3, 0.4) is 0 Å². The predicted octanol–water partition coefficient (Wildman–Crippen LogP) is 3.70. The minimum absolute atomic E-state index is 0.0669. The molecule has 0 spiro atoms. The third-order valence-electron chi connectivity index (χ3n) is 4.40. The SMILES string of the molecule is Cn1cccc1C(=O)CSc1nnc(-c2ccncc2)n1Cc1ccccc1. The molecule has 0 N–H and O–H groups in total. The van der Waals surface area contributed by atoms with Crippen LogP contribution >= 0.6 is 11.8 Å². The summed E-state index contributed by atoms with van der Waals surface area (Å²) in [6, 6.07) is 17.7. The van der Waals surface area contributed by atoms with Crippen LogP contribution in [-0.2, 0) is 13.6 Å². The van der Waals surface area contributed by atoms with Crippen molar-refractivity contribution in [3.05, 3.63) is 84.4 Å². The van der Waals surface area contributed by atoms with Gasteiger partial charge in [0.25, 0.3) is 0 Å². The maximum Gasteiger partial charge on any atom is 0.192 e. The highest BCUT2D eigenvalue weighted by molar-refractivity contribution is 7.99. The number of thioether (sulfide) groups is 1. The van der Waals surface area contributed by atoms with E-state index in [9.17, 15) is 4.79 Å². The number of pyridine rings is 1. The summed E-state index contributed by atoms with van der Waals surface area (Å²) in [5, 5.41) is 9.47. The van der Waals surface area contributed by atoms with Gasteiger partial charge < -0.3 is 4.57 Å². The molecule has 0 aliphatic rings. The molecule has 140 valence electrons. The first-order valence-electron chi connectivity index (χ1n) is 8.87. The third-order valence-corrected chi connectivity index (χ3v) is 5.37. The monoisotopic (exact) mass is 389 g/mol. The van der Waals surface area contributed by atoms with E-state index in [1.54, 1.807) is 12.4 Å². The van der Waals surface area contributed by atoms with Crippen LogP contribution in [0.5, 0.6) is 0 Å². The van der Waals surface area contributed by atoms with Gasteiger partial charge in [0.2, 0.25) is 0 Å². The Balaban J connectivity index is 1.62. The number of Topliss-reactive ketones (excluding diaryl/α,β-unsaturated/α-hetero) is 1. The molecule has 28 heavy (non-hydrogen) atoms. The summed E-state index contributed by atoms with van der Waals surface area (Å²) in [5.41, 5.74) is 2.78. The zero-order valence-electron chi connectivity index (χ0n) is 15.4. The quantitative estimate of drug-likeness (QED) is 0.356. The van der Waals surface area contributed by atoms with Crippen molar-refractivity contribution in [2.24, 2.45) is 7.05 Å². The highest BCUT2D eigenvalue weighted by Gasteiger charge is 2.17. The van der Waals surface area contributed by atoms with Crippen LogP contribution in [0, 0.1) is 0 Å². The van der Waals surface area contributed by atoms with Crippen molar-refractivity contribution in [3.63, 3.8) is 0 Å². The van der Waals surface area contributed by atoms with Crippen LogP contribution in [0.4, 0.5) is 0 Å². The van der Waals surface area contributed by atoms with Gasteiger partial charge in [-0.1, -0.05) is 42.1 Å². The molecule has 0 saturated heterocycles. The van der Waals surface area contributed by atoms with Gasteiger partial charge in [0.05, 0.1) is 18.0 Å². The number of carbonyl (C=O) groups excluding carboxylic acids is 1. The third kappa shape index (κ3) is 3.89. The molecule has 0 aliphatic heterocycles. The minimum atomic E-state index is 0.0669. The van der Waals surface area contributed by atoms with Crippen LogP contribution in [-0.4, -0.2) is 35.9 Å². The van der Waals surface area contributed by atoms with Crippen LogP contribution in [0.25, 0.3) is 11.4 Å². The lowest BCUT2D eigenvalue weighted by atomic mass is 10.2. The van der Waals surface area contributed by atoms with Gasteiger partial charge in [-0.25, -0.2) is 0 Å². The van der Waals surface area contributed by atoms with Crippen molar-refractivity contribution in [1.82, 2.24) is 24.3 Å². The number of hydrogen-bond donors (Lipinski definition) is 0. The number of rotatable bonds is 7. The standard InChI is InChI=1S/C21H19N5OS/c1-25-13-5-8-18(25)19(27)15-28-21-24-23-20(17-9-11-22-12-10-17)26(21)14-16-6-3-2-4-7-16/h2-13H,14-15H2,1H3. The number of ketones is 1. The van der Waals surface area contributed by atoms with Crippen molar-refractivity contribution < 1.29 is 4.79 Å². The Hall–Kier alpha value is -3.19. The van der Waals surface area contributed by atoms with E-state index >= 15 is 0 Å². The molecule has 0 radical (unpaired) electrons. The molecule has 0 amide bonds. The molecule has 0 fully saturated rings. The topological polar surface area (TPSA) is 65.6 Å². The highest BCUT2D eigenvalue weighted by atomic mass is 32.2. The Kier molecular flexibility index (Phi) is 5.34. The highest BCUT2D eigenvalue weighted by Crippen LogP contribution is 2.25. The van der Waals surface area contributed by atoms with Gasteiger partial charge >= 0.3 is 0 Å². The second-order valence-corrected chi connectivity index (χ2v) is 7.27. The summed E-state index contributed by atoms with van der Waals surface area (Å²) >= 11 is 1.41. The lowest BCUT2D eigenvalue weighted by Gasteiger charge is -2.10. The summed E-state index contributed by atoms with van der Waals surface area (Å²) in [6.07, 6.45) is 5.35. The Morgan fingerprint density at radius 3 is 2.50 bits per heavy atom. The van der Waals surface area contributed by atoms with Gasteiger partial charge in [-0.05, 0) is 29.8 Å². The van der Waals surface area contributed by atoms with E-state index in [1.165, 1.54) is 11.8 Å². The number of benzene rings is 1. The normalized spacial score (nSPS) is 10.9. The predicted molar refractivity (Wildman–Crippen MR) is 109 cm³/mol. The maximum atomic E-state index is 12.5. The molecular weight excluding hydrogens is 370 g/mol. The molecule has 1 aromatic carbocycles. The summed E-state index contributed by atoms with van der Waals surface area (Å²) < 4.78 is 3.88. The first-order valence-corrected chi connectivity index (χ1v) is 9.86. The number of hydrogen-bond acceptors (Lipinski definition) is 5. The molecule has 3 heterocycles. The average Bonchev–Trinajstić information content (AvgIpc) is 3.34. The zero-order valence-corrected chi connectivity index (χ0v) is 16.2. The van der Waals surface area contributed by atoms with Gasteiger partial charge in [-0.15, -0.1) is 10.2 Å². The van der Waals surface area contributed by atoms with Crippen molar-refractivity contribution >= 4 is 17.5 Å². The van der Waals surface area contributed by atoms with Crippen LogP contribution in [0.15, 0.2) is 78.3 Å². The van der Waals surface area contributed by atoms with Gasteiger partial charge in [0.15, 0.2) is 16.8 Å². The molecular formula is C21H19N5OS. The fourth-order valence-electron chi connectivity index (χ4n) is 2.97. The second-order valence-electron chi connectivity index (χ2n) is 6.33. The van der Waals surface area contributed by atoms with E-state index < -0.39 is 0 Å². The van der Waals surface area contributed by atoms with E-state index in [-0.39, 0.29) is 5.78 Å². The summed E-state index contributed by atoms with van der Waals surface area (Å²) in [5.74, 6) is 1.14. The molecule has 4 aromatic rings. The summed E-state index contributed by atoms with van der Waals surface area (Å²) in [6.45, 7) is 0.631. The average molecular weight is 389 g/mol. The summed E-state index contributed by atoms with van der Waals surface area (Å²) in [7, 11) is 1.87. The first kappa shape index (κ1) is 18.2. The first-order chi connectivity index (χ1) is 13.7. The minimum Gasteiger partial charge on any atom is -0.348 e. The fourth-order valence-corrected chi connectivity index (χ4v) is 3.79. The second kappa shape index (κ2) is 8.22. The Bertz CT molecular complexity index is 1070. The summed E-state index contributed by atoms with van der Waals surface area (Å²) in [4.78, 5) is 16.6. The van der Waals surface area contributed by atoms with Crippen molar-refractivity contribution in [2.75, 3.05) is 5.75 Å². The molecule has 0 bridgehead atoms. The lowest BCUT2D eigenvalue weighted by Crippen LogP contribution is -2.09. The van der Waals surface area contributed by atoms with Gasteiger partial charge in [-0.2, -0.15) is 0 Å². The van der Waals surface area contributed by atoms with Crippen LogP contribution in [0.2, 0.25) is 0 Å². The molecule has 0 unspecified atom stereocenters. The molecule has 7 heteroatoms. The van der Waals surface area contributed by atoms with E-state index in [0.29, 0.717) is 18.0 Å². The number of aromatic nitrogens is 5. The van der Waals surface area contributed by atoms with E-state index in [0.717, 1.165) is 22.1 Å². The zero-order chi connectivity index (χ0) is 19.3. The number of carbonyl (C=O) groups is 1. The molecule has 0 atom stereocenters. The van der Waals surface area contributed by atoms with E-state index in [1.807, 2.05) is 64.8 Å². The molecule has 4 rings (SSSR count). The molecule has 0 aliphatic carbocycles. The Morgan fingerprint density at radius 1 is 1.00 bits per heavy atom.